The van der Waals surface area contributed by atoms with Gasteiger partial charge in [-0.3, -0.25) is 0 Å². The van der Waals surface area contributed by atoms with Gasteiger partial charge < -0.3 is 28.4 Å². The van der Waals surface area contributed by atoms with E-state index in [1.54, 1.807) is 39.8 Å². The summed E-state index contributed by atoms with van der Waals surface area (Å²) in [5.74, 6) is -2.64. The van der Waals surface area contributed by atoms with Crippen molar-refractivity contribution in [2.45, 2.75) is 51.5 Å². The zero-order chi connectivity index (χ0) is 20.4. The molecule has 2 unspecified atom stereocenters. The Bertz CT molecular complexity index is 666. The summed E-state index contributed by atoms with van der Waals surface area (Å²) in [5, 5.41) is 0. The number of carbonyl (C=O) groups is 2. The summed E-state index contributed by atoms with van der Waals surface area (Å²) in [6.45, 7) is 7.91. The highest BCUT2D eigenvalue weighted by molar-refractivity contribution is 6.03. The highest BCUT2D eigenvalue weighted by Crippen LogP contribution is 2.24. The van der Waals surface area contributed by atoms with Crippen LogP contribution in [0, 0.1) is 0 Å². The molecule has 2 aliphatic rings. The van der Waals surface area contributed by atoms with Gasteiger partial charge in [0.2, 0.25) is 0 Å². The van der Waals surface area contributed by atoms with Crippen LogP contribution in [0.1, 0.15) is 48.4 Å². The second kappa shape index (κ2) is 8.16. The van der Waals surface area contributed by atoms with Crippen molar-refractivity contribution in [3.05, 3.63) is 35.4 Å². The van der Waals surface area contributed by atoms with Gasteiger partial charge in [0.05, 0.1) is 24.3 Å². The van der Waals surface area contributed by atoms with Crippen molar-refractivity contribution in [2.24, 2.45) is 0 Å². The Kier molecular flexibility index (Phi) is 6.04. The molecule has 1 aromatic carbocycles. The Labute approximate surface area is 164 Å². The second-order valence-electron chi connectivity index (χ2n) is 7.64. The maximum absolute atomic E-state index is 12.5. The van der Waals surface area contributed by atoms with Crippen molar-refractivity contribution in [3.8, 4) is 0 Å². The molecule has 0 aromatic heterocycles. The van der Waals surface area contributed by atoms with Gasteiger partial charge in [-0.25, -0.2) is 9.59 Å². The highest BCUT2D eigenvalue weighted by Gasteiger charge is 2.35. The van der Waals surface area contributed by atoms with Crippen LogP contribution in [0.4, 0.5) is 0 Å². The fourth-order valence-corrected chi connectivity index (χ4v) is 3.02. The SMILES string of the molecule is CC1(C)OCC(COC(=O)c2ccccc2C(=O)OCC2COC(C)(C)O2)O1. The molecule has 1 aromatic rings. The molecule has 2 fully saturated rings. The minimum Gasteiger partial charge on any atom is -0.459 e. The molecule has 154 valence electrons. The summed E-state index contributed by atoms with van der Waals surface area (Å²) in [4.78, 5) is 24.9. The van der Waals surface area contributed by atoms with Crippen LogP contribution in [-0.2, 0) is 28.4 Å². The Morgan fingerprint density at radius 2 is 1.25 bits per heavy atom. The molecule has 2 atom stereocenters. The first kappa shape index (κ1) is 20.7. The number of rotatable bonds is 6. The quantitative estimate of drug-likeness (QED) is 0.679. The molecule has 0 aliphatic carbocycles. The van der Waals surface area contributed by atoms with Crippen LogP contribution in [-0.4, -0.2) is 62.1 Å². The first-order chi connectivity index (χ1) is 13.2. The van der Waals surface area contributed by atoms with Crippen molar-refractivity contribution < 1.29 is 38.0 Å². The topological polar surface area (TPSA) is 89.5 Å². The first-order valence-corrected chi connectivity index (χ1v) is 9.22. The number of esters is 2. The fraction of sp³-hybridized carbons (Fsp3) is 0.600. The third-order valence-corrected chi connectivity index (χ3v) is 4.30. The van der Waals surface area contributed by atoms with Gasteiger partial charge in [0.1, 0.15) is 25.4 Å². The second-order valence-corrected chi connectivity index (χ2v) is 7.64. The minimum absolute atomic E-state index is 0.0357. The molecule has 28 heavy (non-hydrogen) atoms. The molecular weight excluding hydrogens is 368 g/mol. The zero-order valence-corrected chi connectivity index (χ0v) is 16.6. The molecule has 3 rings (SSSR count). The lowest BCUT2D eigenvalue weighted by atomic mass is 10.1. The van der Waals surface area contributed by atoms with E-state index in [2.05, 4.69) is 0 Å². The average Bonchev–Trinajstić information content (AvgIpc) is 3.18. The van der Waals surface area contributed by atoms with E-state index in [0.29, 0.717) is 13.2 Å². The van der Waals surface area contributed by atoms with Crippen LogP contribution in [0.15, 0.2) is 24.3 Å². The van der Waals surface area contributed by atoms with Crippen LogP contribution < -0.4 is 0 Å². The number of ether oxygens (including phenoxy) is 6. The van der Waals surface area contributed by atoms with Crippen molar-refractivity contribution in [2.75, 3.05) is 26.4 Å². The number of hydrogen-bond donors (Lipinski definition) is 0. The lowest BCUT2D eigenvalue weighted by Crippen LogP contribution is -2.26. The molecule has 0 bridgehead atoms. The van der Waals surface area contributed by atoms with Gasteiger partial charge in [0.25, 0.3) is 0 Å². The maximum Gasteiger partial charge on any atom is 0.339 e. The van der Waals surface area contributed by atoms with E-state index >= 15 is 0 Å². The Morgan fingerprint density at radius 3 is 1.57 bits per heavy atom. The Hall–Kier alpha value is -2.00. The van der Waals surface area contributed by atoms with Gasteiger partial charge in [-0.2, -0.15) is 0 Å². The molecule has 0 radical (unpaired) electrons. The average molecular weight is 394 g/mol. The first-order valence-electron chi connectivity index (χ1n) is 9.22. The van der Waals surface area contributed by atoms with E-state index in [1.165, 1.54) is 12.1 Å². The van der Waals surface area contributed by atoms with Gasteiger partial charge in [0, 0.05) is 0 Å². The minimum atomic E-state index is -0.695. The molecule has 2 saturated heterocycles. The van der Waals surface area contributed by atoms with Crippen molar-refractivity contribution in [3.63, 3.8) is 0 Å². The molecule has 8 nitrogen and oxygen atoms in total. The summed E-state index contributed by atoms with van der Waals surface area (Å²) in [7, 11) is 0. The van der Waals surface area contributed by atoms with Crippen molar-refractivity contribution in [1.29, 1.82) is 0 Å². The summed E-state index contributed by atoms with van der Waals surface area (Å²) in [5.41, 5.74) is 0.268. The van der Waals surface area contributed by atoms with Gasteiger partial charge in [0.15, 0.2) is 11.6 Å². The molecule has 0 saturated carbocycles. The lowest BCUT2D eigenvalue weighted by molar-refractivity contribution is -0.143. The van der Waals surface area contributed by atoms with E-state index < -0.39 is 23.5 Å². The van der Waals surface area contributed by atoms with E-state index in [0.717, 1.165) is 0 Å². The fourth-order valence-electron chi connectivity index (χ4n) is 3.02. The van der Waals surface area contributed by atoms with Crippen LogP contribution in [0.3, 0.4) is 0 Å². The lowest BCUT2D eigenvalue weighted by Gasteiger charge is -2.17. The summed E-state index contributed by atoms with van der Waals surface area (Å²) < 4.78 is 32.7. The third kappa shape index (κ3) is 5.29. The molecule has 2 heterocycles. The van der Waals surface area contributed by atoms with Crippen LogP contribution in [0.2, 0.25) is 0 Å². The van der Waals surface area contributed by atoms with E-state index in [4.69, 9.17) is 28.4 Å². The molecular formula is C20H26O8. The van der Waals surface area contributed by atoms with Crippen molar-refractivity contribution in [1.82, 2.24) is 0 Å². The summed E-state index contributed by atoms with van der Waals surface area (Å²) in [6.07, 6.45) is -0.693. The number of benzene rings is 1. The predicted octanol–water partition coefficient (Wildman–Crippen LogP) is 2.30. The number of hydrogen-bond acceptors (Lipinski definition) is 8. The molecule has 0 spiro atoms. The van der Waals surface area contributed by atoms with Gasteiger partial charge in [-0.05, 0) is 39.8 Å². The molecule has 0 N–H and O–H groups in total. The van der Waals surface area contributed by atoms with Crippen LogP contribution in [0.5, 0.6) is 0 Å². The van der Waals surface area contributed by atoms with Gasteiger partial charge in [-0.1, -0.05) is 12.1 Å². The summed E-state index contributed by atoms with van der Waals surface area (Å²) in [6, 6.07) is 6.35. The predicted molar refractivity (Wildman–Crippen MR) is 96.8 cm³/mol. The smallest absolute Gasteiger partial charge is 0.339 e. The Morgan fingerprint density at radius 1 is 0.857 bits per heavy atom. The highest BCUT2D eigenvalue weighted by atomic mass is 16.8. The normalized spacial score (nSPS) is 25.4. The molecule has 2 aliphatic heterocycles. The third-order valence-electron chi connectivity index (χ3n) is 4.30. The molecule has 8 heteroatoms. The monoisotopic (exact) mass is 394 g/mol. The van der Waals surface area contributed by atoms with Crippen LogP contribution >= 0.6 is 0 Å². The zero-order valence-electron chi connectivity index (χ0n) is 16.6. The standard InChI is InChI=1S/C20H26O8/c1-19(2)25-11-13(27-19)9-23-17(21)15-7-5-6-8-16(15)18(22)24-10-14-12-26-20(3,4)28-14/h5-8,13-14H,9-12H2,1-4H3. The number of carbonyl (C=O) groups excluding carboxylic acids is 2. The van der Waals surface area contributed by atoms with E-state index in [9.17, 15) is 9.59 Å². The largest absolute Gasteiger partial charge is 0.459 e. The van der Waals surface area contributed by atoms with Crippen molar-refractivity contribution >= 4 is 11.9 Å². The maximum atomic E-state index is 12.5. The summed E-state index contributed by atoms with van der Waals surface area (Å²) >= 11 is 0. The van der Waals surface area contributed by atoms with Gasteiger partial charge >= 0.3 is 11.9 Å². The molecule has 0 amide bonds. The van der Waals surface area contributed by atoms with E-state index in [1.807, 2.05) is 0 Å². The van der Waals surface area contributed by atoms with Crippen LogP contribution in [0.25, 0.3) is 0 Å². The van der Waals surface area contributed by atoms with Gasteiger partial charge in [-0.15, -0.1) is 0 Å². The Balaban J connectivity index is 1.56. The van der Waals surface area contributed by atoms with E-state index in [-0.39, 0.29) is 36.5 Å².